The van der Waals surface area contributed by atoms with Crippen LogP contribution in [0.2, 0.25) is 0 Å². The monoisotopic (exact) mass is 529 g/mol. The Balaban J connectivity index is 1.60. The van der Waals surface area contributed by atoms with E-state index in [9.17, 15) is 14.9 Å². The molecule has 1 amide bonds. The first-order chi connectivity index (χ1) is 18.4. The van der Waals surface area contributed by atoms with Crippen LogP contribution in [0.3, 0.4) is 0 Å². The second kappa shape index (κ2) is 10.3. The molecule has 2 atom stereocenters. The summed E-state index contributed by atoms with van der Waals surface area (Å²) in [5.74, 6) is 1.32. The van der Waals surface area contributed by atoms with Gasteiger partial charge in [-0.2, -0.15) is 0 Å². The Hall–Kier alpha value is -4.77. The number of ether oxygens (including phenoxy) is 1. The fourth-order valence-electron chi connectivity index (χ4n) is 4.49. The molecule has 0 saturated carbocycles. The third-order valence-corrected chi connectivity index (χ3v) is 6.44. The first-order valence-corrected chi connectivity index (χ1v) is 12.1. The van der Waals surface area contributed by atoms with Gasteiger partial charge in [-0.1, -0.05) is 18.2 Å². The topological polar surface area (TPSA) is 123 Å². The molecule has 0 aliphatic carbocycles. The number of carbonyl (C=O) groups excluding carboxylic acids is 1. The van der Waals surface area contributed by atoms with Crippen LogP contribution in [0.1, 0.15) is 30.5 Å². The zero-order chi connectivity index (χ0) is 26.8. The minimum absolute atomic E-state index is 0.0270. The van der Waals surface area contributed by atoms with Gasteiger partial charge in [-0.15, -0.1) is 0 Å². The minimum atomic E-state index is -0.455. The summed E-state index contributed by atoms with van der Waals surface area (Å²) in [7, 11) is 1.53. The Morgan fingerprint density at radius 2 is 2.00 bits per heavy atom. The number of nitro groups is 1. The Morgan fingerprint density at radius 3 is 2.71 bits per heavy atom. The molecule has 38 heavy (non-hydrogen) atoms. The molecule has 5 rings (SSSR count). The number of methoxy groups -OCH3 is 1. The SMILES string of the molecule is COc1ccc(N2C(=S)NC(c3ccccn3)C2c2ccc(-c3cccc([N+](=O)[O-])c3)o2)cc1NC(C)=O. The van der Waals surface area contributed by atoms with Crippen molar-refractivity contribution in [3.05, 3.63) is 101 Å². The smallest absolute Gasteiger partial charge is 0.270 e. The number of thiocarbonyl (C=S) groups is 1. The minimum Gasteiger partial charge on any atom is -0.495 e. The van der Waals surface area contributed by atoms with Gasteiger partial charge in [0, 0.05) is 36.5 Å². The molecule has 10 nitrogen and oxygen atoms in total. The van der Waals surface area contributed by atoms with Crippen LogP contribution in [-0.2, 0) is 4.79 Å². The number of anilines is 2. The van der Waals surface area contributed by atoms with E-state index in [2.05, 4.69) is 15.6 Å². The fraction of sp³-hybridized carbons (Fsp3) is 0.148. The molecular weight excluding hydrogens is 506 g/mol. The van der Waals surface area contributed by atoms with Crippen LogP contribution in [0.15, 0.2) is 83.4 Å². The fourth-order valence-corrected chi connectivity index (χ4v) is 4.84. The van der Waals surface area contributed by atoms with Crippen molar-refractivity contribution in [3.8, 4) is 17.1 Å². The van der Waals surface area contributed by atoms with E-state index in [0.717, 1.165) is 5.69 Å². The van der Waals surface area contributed by atoms with Crippen molar-refractivity contribution in [2.45, 2.75) is 19.0 Å². The van der Waals surface area contributed by atoms with Gasteiger partial charge < -0.3 is 24.7 Å². The van der Waals surface area contributed by atoms with E-state index >= 15 is 0 Å². The summed E-state index contributed by atoms with van der Waals surface area (Å²) in [5.41, 5.74) is 2.50. The van der Waals surface area contributed by atoms with Crippen LogP contribution in [0.4, 0.5) is 17.1 Å². The van der Waals surface area contributed by atoms with Crippen LogP contribution in [-0.4, -0.2) is 28.0 Å². The van der Waals surface area contributed by atoms with Crippen molar-refractivity contribution in [2.24, 2.45) is 0 Å². The number of carbonyl (C=O) groups is 1. The highest BCUT2D eigenvalue weighted by Gasteiger charge is 2.42. The summed E-state index contributed by atoms with van der Waals surface area (Å²) in [5, 5.41) is 17.9. The predicted octanol–water partition coefficient (Wildman–Crippen LogP) is 5.39. The van der Waals surface area contributed by atoms with Crippen molar-refractivity contribution in [3.63, 3.8) is 0 Å². The Kier molecular flexibility index (Phi) is 6.75. The second-order valence-corrected chi connectivity index (χ2v) is 8.96. The number of nitro benzene ring substituents is 1. The van der Waals surface area contributed by atoms with Crippen LogP contribution in [0.25, 0.3) is 11.3 Å². The van der Waals surface area contributed by atoms with Gasteiger partial charge in [0.2, 0.25) is 5.91 Å². The normalized spacial score (nSPS) is 16.7. The van der Waals surface area contributed by atoms with Crippen LogP contribution in [0.5, 0.6) is 5.75 Å². The summed E-state index contributed by atoms with van der Waals surface area (Å²) >= 11 is 5.77. The largest absolute Gasteiger partial charge is 0.495 e. The number of benzene rings is 2. The van der Waals surface area contributed by atoms with Gasteiger partial charge in [0.25, 0.3) is 5.69 Å². The van der Waals surface area contributed by atoms with Gasteiger partial charge in [0.05, 0.1) is 29.5 Å². The number of nitrogens with one attached hydrogen (secondary N) is 2. The number of non-ortho nitro benzene ring substituents is 1. The maximum Gasteiger partial charge on any atom is 0.270 e. The Bertz CT molecular complexity index is 1520. The van der Waals surface area contributed by atoms with E-state index in [1.807, 2.05) is 35.2 Å². The van der Waals surface area contributed by atoms with Crippen LogP contribution < -0.4 is 20.3 Å². The Labute approximate surface area is 223 Å². The molecule has 2 unspecified atom stereocenters. The van der Waals surface area contributed by atoms with Crippen LogP contribution in [0, 0.1) is 10.1 Å². The first-order valence-electron chi connectivity index (χ1n) is 11.7. The molecule has 1 aliphatic rings. The summed E-state index contributed by atoms with van der Waals surface area (Å²) in [6.45, 7) is 1.42. The van der Waals surface area contributed by atoms with E-state index in [0.29, 0.717) is 39.3 Å². The highest BCUT2D eigenvalue weighted by atomic mass is 32.1. The summed E-state index contributed by atoms with van der Waals surface area (Å²) in [6.07, 6.45) is 1.71. The van der Waals surface area contributed by atoms with Gasteiger partial charge in [0.1, 0.15) is 23.3 Å². The van der Waals surface area contributed by atoms with E-state index in [-0.39, 0.29) is 17.6 Å². The van der Waals surface area contributed by atoms with Gasteiger partial charge in [-0.25, -0.2) is 0 Å². The highest BCUT2D eigenvalue weighted by molar-refractivity contribution is 7.80. The quantitative estimate of drug-likeness (QED) is 0.184. The zero-order valence-corrected chi connectivity index (χ0v) is 21.3. The molecule has 1 aliphatic heterocycles. The zero-order valence-electron chi connectivity index (χ0n) is 20.5. The van der Waals surface area contributed by atoms with Crippen molar-refractivity contribution in [2.75, 3.05) is 17.3 Å². The number of hydrogen-bond acceptors (Lipinski definition) is 7. The maximum atomic E-state index is 11.8. The Morgan fingerprint density at radius 1 is 1.16 bits per heavy atom. The lowest BCUT2D eigenvalue weighted by Gasteiger charge is -2.27. The van der Waals surface area contributed by atoms with E-state index in [4.69, 9.17) is 21.4 Å². The van der Waals surface area contributed by atoms with Gasteiger partial charge in [-0.3, -0.25) is 19.9 Å². The van der Waals surface area contributed by atoms with Crippen molar-refractivity contribution < 1.29 is 18.9 Å². The van der Waals surface area contributed by atoms with Crippen molar-refractivity contribution >= 4 is 40.3 Å². The molecule has 192 valence electrons. The van der Waals surface area contributed by atoms with E-state index in [1.165, 1.54) is 26.2 Å². The van der Waals surface area contributed by atoms with E-state index < -0.39 is 11.0 Å². The molecule has 1 fully saturated rings. The lowest BCUT2D eigenvalue weighted by molar-refractivity contribution is -0.384. The molecule has 4 aromatic rings. The van der Waals surface area contributed by atoms with Gasteiger partial charge in [-0.05, 0) is 54.7 Å². The number of aromatic nitrogens is 1. The predicted molar refractivity (Wildman–Crippen MR) is 146 cm³/mol. The first kappa shape index (κ1) is 24.9. The standard InChI is InChI=1S/C27H23N5O5S/c1-16(33)29-21-15-18(9-10-23(21)36-2)31-26(25(30-27(31)38)20-8-3-4-13-28-20)24-12-11-22(37-24)17-6-5-7-19(14-17)32(34)35/h3-15,25-26H,1-2H3,(H,29,33)(H,30,38). The number of nitrogens with zero attached hydrogens (tertiary/aromatic N) is 3. The summed E-state index contributed by atoms with van der Waals surface area (Å²) in [6, 6.07) is 20.1. The molecule has 0 spiro atoms. The van der Waals surface area contributed by atoms with Gasteiger partial charge in [0.15, 0.2) is 5.11 Å². The molecule has 2 aromatic carbocycles. The van der Waals surface area contributed by atoms with Crippen molar-refractivity contribution in [1.82, 2.24) is 10.3 Å². The maximum absolute atomic E-state index is 11.8. The van der Waals surface area contributed by atoms with Crippen molar-refractivity contribution in [1.29, 1.82) is 0 Å². The second-order valence-electron chi connectivity index (χ2n) is 8.57. The third kappa shape index (κ3) is 4.78. The number of hydrogen-bond donors (Lipinski definition) is 2. The number of furan rings is 1. The van der Waals surface area contributed by atoms with Crippen LogP contribution >= 0.6 is 12.2 Å². The highest BCUT2D eigenvalue weighted by Crippen LogP contribution is 2.44. The molecule has 2 aromatic heterocycles. The molecule has 0 bridgehead atoms. The lowest BCUT2D eigenvalue weighted by atomic mass is 10.0. The summed E-state index contributed by atoms with van der Waals surface area (Å²) < 4.78 is 11.7. The molecular formula is C27H23N5O5S. The van der Waals surface area contributed by atoms with Gasteiger partial charge >= 0.3 is 0 Å². The van der Waals surface area contributed by atoms with E-state index in [1.54, 1.807) is 36.5 Å². The number of pyridine rings is 1. The molecule has 2 N–H and O–H groups in total. The number of amides is 1. The molecule has 3 heterocycles. The molecule has 11 heteroatoms. The lowest BCUT2D eigenvalue weighted by Crippen LogP contribution is -2.29. The number of rotatable bonds is 7. The summed E-state index contributed by atoms with van der Waals surface area (Å²) in [4.78, 5) is 29.1. The molecule has 1 saturated heterocycles. The average Bonchev–Trinajstić information content (AvgIpc) is 3.53. The third-order valence-electron chi connectivity index (χ3n) is 6.13. The molecule has 0 radical (unpaired) electrons. The average molecular weight is 530 g/mol.